The first kappa shape index (κ1) is 18.5. The summed E-state index contributed by atoms with van der Waals surface area (Å²) in [4.78, 5) is 24.4. The second kappa shape index (κ2) is 8.42. The highest BCUT2D eigenvalue weighted by Crippen LogP contribution is 2.28. The minimum atomic E-state index is -0.0790. The van der Waals surface area contributed by atoms with Gasteiger partial charge in [-0.2, -0.15) is 0 Å². The van der Waals surface area contributed by atoms with Crippen LogP contribution < -0.4 is 10.5 Å². The van der Waals surface area contributed by atoms with Crippen molar-refractivity contribution in [3.8, 4) is 0 Å². The molecule has 1 atom stereocenters. The van der Waals surface area contributed by atoms with E-state index in [-0.39, 0.29) is 11.5 Å². The molecule has 2 saturated heterocycles. The Labute approximate surface area is 164 Å². The van der Waals surface area contributed by atoms with Crippen molar-refractivity contribution in [2.45, 2.75) is 25.3 Å². The number of rotatable bonds is 4. The number of benzene rings is 1. The molecule has 2 aliphatic rings. The third-order valence-corrected chi connectivity index (χ3v) is 5.70. The maximum absolute atomic E-state index is 12.2. The summed E-state index contributed by atoms with van der Waals surface area (Å²) in [7, 11) is 0. The SMILES string of the molecule is O=c1cc(C2CCCN(Cc3ccccc3Cl)C2)nc(N2CCOCC2)[nH]1. The lowest BCUT2D eigenvalue weighted by Crippen LogP contribution is -2.39. The predicted octanol–water partition coefficient (Wildman–Crippen LogP) is 2.64. The van der Waals surface area contributed by atoms with Gasteiger partial charge in [-0.1, -0.05) is 29.8 Å². The molecule has 1 unspecified atom stereocenters. The number of nitrogens with one attached hydrogen (secondary N) is 1. The molecule has 1 aromatic heterocycles. The molecule has 7 heteroatoms. The zero-order chi connectivity index (χ0) is 18.6. The Morgan fingerprint density at radius 3 is 2.85 bits per heavy atom. The molecular weight excluding hydrogens is 364 g/mol. The Hall–Kier alpha value is -1.89. The molecule has 144 valence electrons. The number of likely N-dealkylation sites (tertiary alicyclic amines) is 1. The summed E-state index contributed by atoms with van der Waals surface area (Å²) in [6.07, 6.45) is 2.15. The van der Waals surface area contributed by atoms with E-state index in [2.05, 4.69) is 20.9 Å². The molecule has 0 aliphatic carbocycles. The molecule has 0 saturated carbocycles. The van der Waals surface area contributed by atoms with Gasteiger partial charge in [-0.15, -0.1) is 0 Å². The fourth-order valence-corrected chi connectivity index (χ4v) is 4.10. The van der Waals surface area contributed by atoms with Crippen LogP contribution >= 0.6 is 11.6 Å². The van der Waals surface area contributed by atoms with Gasteiger partial charge in [0.2, 0.25) is 5.95 Å². The van der Waals surface area contributed by atoms with E-state index in [1.165, 1.54) is 0 Å². The normalized spacial score (nSPS) is 21.4. The summed E-state index contributed by atoms with van der Waals surface area (Å²) in [6.45, 7) is 5.62. The van der Waals surface area contributed by atoms with Crippen LogP contribution in [-0.4, -0.2) is 54.3 Å². The van der Waals surface area contributed by atoms with Crippen LogP contribution in [0.4, 0.5) is 5.95 Å². The number of aromatic amines is 1. The highest BCUT2D eigenvalue weighted by molar-refractivity contribution is 6.31. The van der Waals surface area contributed by atoms with Crippen LogP contribution in [0.15, 0.2) is 35.1 Å². The van der Waals surface area contributed by atoms with Gasteiger partial charge in [-0.05, 0) is 31.0 Å². The highest BCUT2D eigenvalue weighted by atomic mass is 35.5. The van der Waals surface area contributed by atoms with Crippen LogP contribution in [0.3, 0.4) is 0 Å². The number of H-pyrrole nitrogens is 1. The Kier molecular flexibility index (Phi) is 5.76. The number of ether oxygens (including phenoxy) is 1. The van der Waals surface area contributed by atoms with Gasteiger partial charge in [0.25, 0.3) is 5.56 Å². The van der Waals surface area contributed by atoms with Crippen LogP contribution in [-0.2, 0) is 11.3 Å². The Bertz CT molecular complexity index is 835. The number of hydrogen-bond donors (Lipinski definition) is 1. The fourth-order valence-electron chi connectivity index (χ4n) is 3.91. The lowest BCUT2D eigenvalue weighted by molar-refractivity contribution is 0.122. The zero-order valence-corrected chi connectivity index (χ0v) is 16.1. The van der Waals surface area contributed by atoms with Gasteiger partial charge in [0.05, 0.1) is 18.9 Å². The van der Waals surface area contributed by atoms with Gasteiger partial charge in [0, 0.05) is 43.2 Å². The molecule has 0 bridgehead atoms. The Morgan fingerprint density at radius 2 is 2.04 bits per heavy atom. The molecule has 3 heterocycles. The maximum atomic E-state index is 12.2. The Morgan fingerprint density at radius 1 is 1.22 bits per heavy atom. The molecule has 1 aromatic carbocycles. The topological polar surface area (TPSA) is 61.5 Å². The molecule has 0 amide bonds. The first-order valence-corrected chi connectivity index (χ1v) is 9.96. The molecule has 1 N–H and O–H groups in total. The zero-order valence-electron chi connectivity index (χ0n) is 15.4. The van der Waals surface area contributed by atoms with Crippen molar-refractivity contribution in [1.29, 1.82) is 0 Å². The number of aromatic nitrogens is 2. The van der Waals surface area contributed by atoms with Crippen molar-refractivity contribution < 1.29 is 4.74 Å². The maximum Gasteiger partial charge on any atom is 0.252 e. The standard InChI is InChI=1S/C20H25ClN4O2/c21-17-6-2-1-4-15(17)13-24-7-3-5-16(14-24)18-12-19(26)23-20(22-18)25-8-10-27-11-9-25/h1-2,4,6,12,16H,3,5,7-11,13-14H2,(H,22,23,26). The fraction of sp³-hybridized carbons (Fsp3) is 0.500. The van der Waals surface area contributed by atoms with E-state index < -0.39 is 0 Å². The van der Waals surface area contributed by atoms with E-state index in [0.717, 1.165) is 61.8 Å². The van der Waals surface area contributed by atoms with Crippen molar-refractivity contribution >= 4 is 17.5 Å². The van der Waals surface area contributed by atoms with Crippen LogP contribution in [0.25, 0.3) is 0 Å². The predicted molar refractivity (Wildman–Crippen MR) is 107 cm³/mol. The van der Waals surface area contributed by atoms with Gasteiger partial charge in [-0.25, -0.2) is 4.98 Å². The van der Waals surface area contributed by atoms with Crippen molar-refractivity contribution in [2.75, 3.05) is 44.3 Å². The number of piperidine rings is 1. The summed E-state index contributed by atoms with van der Waals surface area (Å²) >= 11 is 6.32. The second-order valence-corrected chi connectivity index (χ2v) is 7.67. The third-order valence-electron chi connectivity index (χ3n) is 5.34. The first-order valence-electron chi connectivity index (χ1n) is 9.59. The van der Waals surface area contributed by atoms with Gasteiger partial charge >= 0.3 is 0 Å². The largest absolute Gasteiger partial charge is 0.378 e. The van der Waals surface area contributed by atoms with Crippen molar-refractivity contribution in [1.82, 2.24) is 14.9 Å². The van der Waals surface area contributed by atoms with Crippen LogP contribution in [0.1, 0.15) is 30.0 Å². The molecule has 6 nitrogen and oxygen atoms in total. The summed E-state index contributed by atoms with van der Waals surface area (Å²) in [6, 6.07) is 9.65. The first-order chi connectivity index (χ1) is 13.2. The summed E-state index contributed by atoms with van der Waals surface area (Å²) in [5.74, 6) is 0.937. The smallest absolute Gasteiger partial charge is 0.252 e. The van der Waals surface area contributed by atoms with Gasteiger partial charge in [-0.3, -0.25) is 14.7 Å². The summed E-state index contributed by atoms with van der Waals surface area (Å²) in [5, 5.41) is 0.809. The molecule has 2 aromatic rings. The van der Waals surface area contributed by atoms with Crippen molar-refractivity contribution in [3.05, 3.63) is 57.0 Å². The molecule has 0 spiro atoms. The molecule has 27 heavy (non-hydrogen) atoms. The number of hydrogen-bond acceptors (Lipinski definition) is 5. The molecular formula is C20H25ClN4O2. The second-order valence-electron chi connectivity index (χ2n) is 7.26. The lowest BCUT2D eigenvalue weighted by Gasteiger charge is -2.33. The summed E-state index contributed by atoms with van der Waals surface area (Å²) in [5.41, 5.74) is 1.96. The number of nitrogens with zero attached hydrogens (tertiary/aromatic N) is 3. The molecule has 2 fully saturated rings. The van der Waals surface area contributed by atoms with Crippen molar-refractivity contribution in [2.24, 2.45) is 0 Å². The molecule has 2 aliphatic heterocycles. The summed E-state index contributed by atoms with van der Waals surface area (Å²) < 4.78 is 5.40. The van der Waals surface area contributed by atoms with E-state index in [1.54, 1.807) is 6.07 Å². The van der Waals surface area contributed by atoms with Crippen LogP contribution in [0, 0.1) is 0 Å². The monoisotopic (exact) mass is 388 g/mol. The minimum absolute atomic E-state index is 0.0790. The molecule has 0 radical (unpaired) electrons. The van der Waals surface area contributed by atoms with E-state index in [9.17, 15) is 4.79 Å². The Balaban J connectivity index is 1.50. The quantitative estimate of drug-likeness (QED) is 0.872. The average molecular weight is 389 g/mol. The van der Waals surface area contributed by atoms with E-state index in [1.807, 2.05) is 18.2 Å². The van der Waals surface area contributed by atoms with E-state index in [4.69, 9.17) is 21.3 Å². The van der Waals surface area contributed by atoms with Crippen molar-refractivity contribution in [3.63, 3.8) is 0 Å². The lowest BCUT2D eigenvalue weighted by atomic mass is 9.94. The highest BCUT2D eigenvalue weighted by Gasteiger charge is 2.24. The minimum Gasteiger partial charge on any atom is -0.378 e. The molecule has 4 rings (SSSR count). The number of anilines is 1. The number of morpholine rings is 1. The van der Waals surface area contributed by atoms with Crippen LogP contribution in [0.5, 0.6) is 0 Å². The van der Waals surface area contributed by atoms with Gasteiger partial charge in [0.1, 0.15) is 0 Å². The van der Waals surface area contributed by atoms with Gasteiger partial charge < -0.3 is 9.64 Å². The van der Waals surface area contributed by atoms with E-state index in [0.29, 0.717) is 19.2 Å². The van der Waals surface area contributed by atoms with Crippen LogP contribution in [0.2, 0.25) is 5.02 Å². The number of halogens is 1. The third kappa shape index (κ3) is 4.51. The average Bonchev–Trinajstić information content (AvgIpc) is 2.70. The van der Waals surface area contributed by atoms with E-state index >= 15 is 0 Å². The van der Waals surface area contributed by atoms with Gasteiger partial charge in [0.15, 0.2) is 0 Å².